The summed E-state index contributed by atoms with van der Waals surface area (Å²) in [6.45, 7) is 4.43. The molecule has 2 heteroatoms. The summed E-state index contributed by atoms with van der Waals surface area (Å²) >= 11 is 2.25. The molecule has 1 nitrogen and oxygen atoms in total. The van der Waals surface area contributed by atoms with Gasteiger partial charge in [-0.3, -0.25) is 0 Å². The minimum Gasteiger partial charge on any atom is -0.398 e. The van der Waals surface area contributed by atoms with Crippen molar-refractivity contribution in [2.75, 3.05) is 5.73 Å². The van der Waals surface area contributed by atoms with Crippen LogP contribution in [0, 0.1) is 9.49 Å². The summed E-state index contributed by atoms with van der Waals surface area (Å²) in [5.41, 5.74) is 8.02. The summed E-state index contributed by atoms with van der Waals surface area (Å²) in [5.74, 6) is 0.699. The lowest BCUT2D eigenvalue weighted by Gasteiger charge is -2.06. The number of rotatable bonds is 2. The van der Waals surface area contributed by atoms with E-state index < -0.39 is 0 Å². The van der Waals surface area contributed by atoms with Crippen LogP contribution in [0.5, 0.6) is 0 Å². The second-order valence-corrected chi connectivity index (χ2v) is 4.62. The van der Waals surface area contributed by atoms with Crippen LogP contribution in [0.25, 0.3) is 0 Å². The number of hydrogen-bond donors (Lipinski definition) is 1. The van der Waals surface area contributed by atoms with Crippen LogP contribution in [0.15, 0.2) is 18.2 Å². The molecule has 0 fully saturated rings. The third-order valence-electron chi connectivity index (χ3n) is 1.70. The molecule has 0 aliphatic rings. The van der Waals surface area contributed by atoms with Gasteiger partial charge in [0.2, 0.25) is 0 Å². The van der Waals surface area contributed by atoms with E-state index in [1.54, 1.807) is 0 Å². The molecule has 0 atom stereocenters. The first kappa shape index (κ1) is 9.84. The van der Waals surface area contributed by atoms with E-state index in [9.17, 15) is 0 Å². The Hall–Kier alpha value is -0.250. The van der Waals surface area contributed by atoms with Crippen LogP contribution in [0.4, 0.5) is 5.69 Å². The molecule has 0 bridgehead atoms. The fourth-order valence-electron chi connectivity index (χ4n) is 1.19. The third-order valence-corrected chi connectivity index (χ3v) is 2.69. The van der Waals surface area contributed by atoms with E-state index in [0.717, 1.165) is 15.7 Å². The van der Waals surface area contributed by atoms with Gasteiger partial charge in [0.25, 0.3) is 0 Å². The van der Waals surface area contributed by atoms with Gasteiger partial charge in [0.1, 0.15) is 0 Å². The smallest absolute Gasteiger partial charge is 0.0452 e. The molecule has 66 valence electrons. The topological polar surface area (TPSA) is 26.0 Å². The predicted molar refractivity (Wildman–Crippen MR) is 62.1 cm³/mol. The molecule has 1 rings (SSSR count). The maximum absolute atomic E-state index is 5.79. The molecule has 0 aromatic heterocycles. The first-order valence-electron chi connectivity index (χ1n) is 4.13. The zero-order chi connectivity index (χ0) is 9.14. The van der Waals surface area contributed by atoms with Crippen molar-refractivity contribution in [3.63, 3.8) is 0 Å². The molecule has 0 spiro atoms. The van der Waals surface area contributed by atoms with E-state index in [2.05, 4.69) is 54.6 Å². The first-order chi connectivity index (χ1) is 5.59. The summed E-state index contributed by atoms with van der Waals surface area (Å²) in [4.78, 5) is 0. The van der Waals surface area contributed by atoms with E-state index >= 15 is 0 Å². The summed E-state index contributed by atoms with van der Waals surface area (Å²) in [5, 5.41) is 0. The Labute approximate surface area is 87.5 Å². The Morgan fingerprint density at radius 1 is 1.42 bits per heavy atom. The molecule has 0 amide bonds. The second kappa shape index (κ2) is 4.12. The largest absolute Gasteiger partial charge is 0.398 e. The van der Waals surface area contributed by atoms with Crippen LogP contribution in [0.1, 0.15) is 19.4 Å². The van der Waals surface area contributed by atoms with Crippen LogP contribution >= 0.6 is 22.6 Å². The van der Waals surface area contributed by atoms with E-state index in [-0.39, 0.29) is 0 Å². The maximum atomic E-state index is 5.79. The third kappa shape index (κ3) is 2.66. The lowest BCUT2D eigenvalue weighted by Crippen LogP contribution is -1.96. The Kier molecular flexibility index (Phi) is 3.38. The van der Waals surface area contributed by atoms with E-state index in [1.165, 1.54) is 5.56 Å². The van der Waals surface area contributed by atoms with Gasteiger partial charge in [0.15, 0.2) is 0 Å². The van der Waals surface area contributed by atoms with Crippen LogP contribution in [-0.2, 0) is 6.42 Å². The lowest BCUT2D eigenvalue weighted by atomic mass is 10.0. The molecular formula is C10H14IN. The van der Waals surface area contributed by atoms with Crippen molar-refractivity contribution >= 4 is 28.3 Å². The van der Waals surface area contributed by atoms with Crippen molar-refractivity contribution < 1.29 is 0 Å². The molecule has 0 saturated heterocycles. The molecule has 0 aliphatic heterocycles. The molecular weight excluding hydrogens is 261 g/mol. The second-order valence-electron chi connectivity index (χ2n) is 3.45. The predicted octanol–water partition coefficient (Wildman–Crippen LogP) is 3.07. The molecule has 0 radical (unpaired) electrons. The van der Waals surface area contributed by atoms with Gasteiger partial charge in [-0.2, -0.15) is 0 Å². The van der Waals surface area contributed by atoms with Crippen molar-refractivity contribution in [3.8, 4) is 0 Å². The van der Waals surface area contributed by atoms with Gasteiger partial charge in [0, 0.05) is 9.26 Å². The zero-order valence-corrected chi connectivity index (χ0v) is 9.63. The van der Waals surface area contributed by atoms with E-state index in [1.807, 2.05) is 0 Å². The summed E-state index contributed by atoms with van der Waals surface area (Å²) < 4.78 is 1.14. The summed E-state index contributed by atoms with van der Waals surface area (Å²) in [7, 11) is 0. The Bertz CT molecular complexity index is 269. The molecule has 0 heterocycles. The van der Waals surface area contributed by atoms with Gasteiger partial charge in [0.05, 0.1) is 0 Å². The Morgan fingerprint density at radius 2 is 2.08 bits per heavy atom. The summed E-state index contributed by atoms with van der Waals surface area (Å²) in [6.07, 6.45) is 1.11. The molecule has 12 heavy (non-hydrogen) atoms. The average molecular weight is 275 g/mol. The SMILES string of the molecule is CC(C)Cc1ccc(I)c(N)c1. The Balaban J connectivity index is 2.82. The van der Waals surface area contributed by atoms with Crippen molar-refractivity contribution in [2.45, 2.75) is 20.3 Å². The Morgan fingerprint density at radius 3 is 2.58 bits per heavy atom. The molecule has 1 aromatic rings. The number of benzene rings is 1. The quantitative estimate of drug-likeness (QED) is 0.651. The van der Waals surface area contributed by atoms with Crippen LogP contribution < -0.4 is 5.73 Å². The molecule has 0 aliphatic carbocycles. The maximum Gasteiger partial charge on any atom is 0.0452 e. The zero-order valence-electron chi connectivity index (χ0n) is 7.47. The van der Waals surface area contributed by atoms with Gasteiger partial charge >= 0.3 is 0 Å². The molecule has 1 aromatic carbocycles. The highest BCUT2D eigenvalue weighted by Gasteiger charge is 2.00. The highest BCUT2D eigenvalue weighted by molar-refractivity contribution is 14.1. The van der Waals surface area contributed by atoms with Crippen molar-refractivity contribution in [3.05, 3.63) is 27.3 Å². The fraction of sp³-hybridized carbons (Fsp3) is 0.400. The van der Waals surface area contributed by atoms with Gasteiger partial charge in [-0.05, 0) is 52.6 Å². The fourth-order valence-corrected chi connectivity index (χ4v) is 1.53. The molecule has 2 N–H and O–H groups in total. The van der Waals surface area contributed by atoms with Crippen molar-refractivity contribution in [1.29, 1.82) is 0 Å². The van der Waals surface area contributed by atoms with Crippen LogP contribution in [0.2, 0.25) is 0 Å². The van der Waals surface area contributed by atoms with Gasteiger partial charge in [-0.25, -0.2) is 0 Å². The highest BCUT2D eigenvalue weighted by Crippen LogP contribution is 2.18. The van der Waals surface area contributed by atoms with Crippen molar-refractivity contribution in [1.82, 2.24) is 0 Å². The molecule has 0 unspecified atom stereocenters. The lowest BCUT2D eigenvalue weighted by molar-refractivity contribution is 0.647. The molecule has 0 saturated carbocycles. The normalized spacial score (nSPS) is 10.7. The minimum absolute atomic E-state index is 0.699. The average Bonchev–Trinajstić information content (AvgIpc) is 1.96. The standard InChI is InChI=1S/C10H14IN/c1-7(2)5-8-3-4-9(11)10(12)6-8/h3-4,6-7H,5,12H2,1-2H3. The van der Waals surface area contributed by atoms with Gasteiger partial charge in [-0.15, -0.1) is 0 Å². The van der Waals surface area contributed by atoms with E-state index in [0.29, 0.717) is 5.92 Å². The van der Waals surface area contributed by atoms with Crippen LogP contribution in [-0.4, -0.2) is 0 Å². The number of halogens is 1. The van der Waals surface area contributed by atoms with Gasteiger partial charge in [-0.1, -0.05) is 19.9 Å². The minimum atomic E-state index is 0.699. The van der Waals surface area contributed by atoms with Gasteiger partial charge < -0.3 is 5.73 Å². The van der Waals surface area contributed by atoms with Crippen molar-refractivity contribution in [2.24, 2.45) is 5.92 Å². The van der Waals surface area contributed by atoms with E-state index in [4.69, 9.17) is 5.73 Å². The highest BCUT2D eigenvalue weighted by atomic mass is 127. The number of nitrogens with two attached hydrogens (primary N) is 1. The van der Waals surface area contributed by atoms with Crippen LogP contribution in [0.3, 0.4) is 0 Å². The number of nitrogen functional groups attached to an aromatic ring is 1. The summed E-state index contributed by atoms with van der Waals surface area (Å²) in [6, 6.07) is 6.30. The first-order valence-corrected chi connectivity index (χ1v) is 5.21. The number of anilines is 1. The number of hydrogen-bond acceptors (Lipinski definition) is 1. The monoisotopic (exact) mass is 275 g/mol.